The van der Waals surface area contributed by atoms with Crippen LogP contribution in [0.2, 0.25) is 0 Å². The minimum atomic E-state index is 0.886. The van der Waals surface area contributed by atoms with Gasteiger partial charge in [-0.1, -0.05) is 19.1 Å². The zero-order valence-electron chi connectivity index (χ0n) is 8.96. The number of allylic oxidation sites excluding steroid dienone is 3. The van der Waals surface area contributed by atoms with Crippen LogP contribution in [0, 0.1) is 0 Å². The molecule has 0 spiro atoms. The maximum absolute atomic E-state index is 5.37. The number of morpholine rings is 1. The molecule has 0 saturated carbocycles. The minimum Gasteiger partial charge on any atom is -0.378 e. The molecule has 0 aromatic carbocycles. The van der Waals surface area contributed by atoms with Crippen LogP contribution in [-0.4, -0.2) is 31.2 Å². The van der Waals surface area contributed by atoms with Crippen molar-refractivity contribution < 1.29 is 4.74 Å². The van der Waals surface area contributed by atoms with Gasteiger partial charge in [-0.05, 0) is 24.8 Å². The van der Waals surface area contributed by atoms with Crippen molar-refractivity contribution in [1.82, 2.24) is 4.90 Å². The highest BCUT2D eigenvalue weighted by Crippen LogP contribution is 2.28. The van der Waals surface area contributed by atoms with E-state index in [0.29, 0.717) is 0 Å². The van der Waals surface area contributed by atoms with E-state index in [2.05, 4.69) is 24.0 Å². The van der Waals surface area contributed by atoms with E-state index in [4.69, 9.17) is 4.74 Å². The Morgan fingerprint density at radius 2 is 2.21 bits per heavy atom. The van der Waals surface area contributed by atoms with Crippen LogP contribution < -0.4 is 0 Å². The normalized spacial score (nSPS) is 25.6. The first-order valence-corrected chi connectivity index (χ1v) is 5.64. The van der Waals surface area contributed by atoms with E-state index in [1.54, 1.807) is 5.57 Å². The zero-order valence-corrected chi connectivity index (χ0v) is 8.96. The molecule has 1 saturated heterocycles. The fraction of sp³-hybridized carbons (Fsp3) is 0.667. The zero-order chi connectivity index (χ0) is 9.80. The molecule has 2 rings (SSSR count). The van der Waals surface area contributed by atoms with Crippen LogP contribution in [0.1, 0.15) is 26.2 Å². The fourth-order valence-electron chi connectivity index (χ4n) is 2.21. The number of nitrogens with zero attached hydrogens (tertiary/aromatic N) is 1. The summed E-state index contributed by atoms with van der Waals surface area (Å²) in [7, 11) is 0. The summed E-state index contributed by atoms with van der Waals surface area (Å²) in [5.74, 6) is 0. The smallest absolute Gasteiger partial charge is 0.0642 e. The van der Waals surface area contributed by atoms with Crippen LogP contribution in [0.4, 0.5) is 0 Å². The largest absolute Gasteiger partial charge is 0.378 e. The van der Waals surface area contributed by atoms with Gasteiger partial charge in [0.05, 0.1) is 13.2 Å². The van der Waals surface area contributed by atoms with E-state index in [0.717, 1.165) is 32.7 Å². The van der Waals surface area contributed by atoms with Crippen molar-refractivity contribution in [3.8, 4) is 0 Å². The van der Waals surface area contributed by atoms with Crippen LogP contribution in [0.3, 0.4) is 0 Å². The molecule has 1 heterocycles. The van der Waals surface area contributed by atoms with Gasteiger partial charge in [-0.3, -0.25) is 0 Å². The summed E-state index contributed by atoms with van der Waals surface area (Å²) in [4.78, 5) is 2.47. The summed E-state index contributed by atoms with van der Waals surface area (Å²) >= 11 is 0. The van der Waals surface area contributed by atoms with E-state index >= 15 is 0 Å². The Balaban J connectivity index is 2.04. The van der Waals surface area contributed by atoms with Crippen molar-refractivity contribution in [3.05, 3.63) is 23.4 Å². The van der Waals surface area contributed by atoms with Crippen molar-refractivity contribution in [1.29, 1.82) is 0 Å². The topological polar surface area (TPSA) is 12.5 Å². The molecule has 0 N–H and O–H groups in total. The molecule has 1 fully saturated rings. The number of rotatable bonds is 2. The van der Waals surface area contributed by atoms with Gasteiger partial charge in [0.25, 0.3) is 0 Å². The molecular formula is C12H19NO. The van der Waals surface area contributed by atoms with Crippen molar-refractivity contribution in [3.63, 3.8) is 0 Å². The Hall–Kier alpha value is -0.760. The van der Waals surface area contributed by atoms with Gasteiger partial charge in [0.15, 0.2) is 0 Å². The second kappa shape index (κ2) is 4.65. The van der Waals surface area contributed by atoms with Gasteiger partial charge in [-0.2, -0.15) is 0 Å². The van der Waals surface area contributed by atoms with Gasteiger partial charge < -0.3 is 9.64 Å². The molecule has 0 unspecified atom stereocenters. The quantitative estimate of drug-likeness (QED) is 0.667. The number of hydrogen-bond donors (Lipinski definition) is 0. The fourth-order valence-corrected chi connectivity index (χ4v) is 2.21. The third kappa shape index (κ3) is 2.01. The highest BCUT2D eigenvalue weighted by atomic mass is 16.5. The van der Waals surface area contributed by atoms with Crippen molar-refractivity contribution in [2.75, 3.05) is 26.3 Å². The average Bonchev–Trinajstić information content (AvgIpc) is 2.68. The maximum atomic E-state index is 5.37. The van der Waals surface area contributed by atoms with Crippen LogP contribution in [0.25, 0.3) is 0 Å². The maximum Gasteiger partial charge on any atom is 0.0642 e. The molecule has 2 heteroatoms. The highest BCUT2D eigenvalue weighted by Gasteiger charge is 2.19. The Kier molecular flexibility index (Phi) is 3.25. The van der Waals surface area contributed by atoms with Gasteiger partial charge >= 0.3 is 0 Å². The Labute approximate surface area is 86.2 Å². The van der Waals surface area contributed by atoms with Crippen LogP contribution in [-0.2, 0) is 4.74 Å². The van der Waals surface area contributed by atoms with Crippen LogP contribution >= 0.6 is 0 Å². The molecule has 0 aromatic rings. The Morgan fingerprint density at radius 1 is 1.43 bits per heavy atom. The minimum absolute atomic E-state index is 0.886. The van der Waals surface area contributed by atoms with Crippen molar-refractivity contribution >= 4 is 0 Å². The highest BCUT2D eigenvalue weighted by molar-refractivity contribution is 5.34. The van der Waals surface area contributed by atoms with Gasteiger partial charge in [0.2, 0.25) is 0 Å². The van der Waals surface area contributed by atoms with Gasteiger partial charge in [0.1, 0.15) is 0 Å². The summed E-state index contributed by atoms with van der Waals surface area (Å²) < 4.78 is 5.37. The lowest BCUT2D eigenvalue weighted by Gasteiger charge is -2.30. The van der Waals surface area contributed by atoms with E-state index in [9.17, 15) is 0 Å². The monoisotopic (exact) mass is 193 g/mol. The molecular weight excluding hydrogens is 174 g/mol. The lowest BCUT2D eigenvalue weighted by atomic mass is 10.1. The molecule has 1 aliphatic carbocycles. The third-order valence-corrected chi connectivity index (χ3v) is 2.88. The SMILES string of the molecule is CC/C=C1/CCC=C1N1CCOCC1. The molecule has 1 aliphatic heterocycles. The summed E-state index contributed by atoms with van der Waals surface area (Å²) in [5.41, 5.74) is 3.03. The lowest BCUT2D eigenvalue weighted by molar-refractivity contribution is 0.0549. The summed E-state index contributed by atoms with van der Waals surface area (Å²) in [5, 5.41) is 0. The predicted octanol–water partition coefficient (Wildman–Crippen LogP) is 2.33. The molecule has 2 nitrogen and oxygen atoms in total. The first-order valence-electron chi connectivity index (χ1n) is 5.64. The first kappa shape index (κ1) is 9.78. The van der Waals surface area contributed by atoms with E-state index in [1.807, 2.05) is 0 Å². The van der Waals surface area contributed by atoms with E-state index in [-0.39, 0.29) is 0 Å². The molecule has 0 atom stereocenters. The number of ether oxygens (including phenoxy) is 1. The van der Waals surface area contributed by atoms with Crippen molar-refractivity contribution in [2.24, 2.45) is 0 Å². The summed E-state index contributed by atoms with van der Waals surface area (Å²) in [6.07, 6.45) is 8.36. The predicted molar refractivity (Wildman–Crippen MR) is 58.1 cm³/mol. The van der Waals surface area contributed by atoms with E-state index < -0.39 is 0 Å². The summed E-state index contributed by atoms with van der Waals surface area (Å²) in [6.45, 7) is 6.11. The second-order valence-electron chi connectivity index (χ2n) is 3.87. The average molecular weight is 193 g/mol. The third-order valence-electron chi connectivity index (χ3n) is 2.88. The Morgan fingerprint density at radius 3 is 2.93 bits per heavy atom. The Bertz CT molecular complexity index is 249. The summed E-state index contributed by atoms with van der Waals surface area (Å²) in [6, 6.07) is 0. The van der Waals surface area contributed by atoms with E-state index in [1.165, 1.54) is 18.5 Å². The molecule has 14 heavy (non-hydrogen) atoms. The standard InChI is InChI=1S/C12H19NO/c1-2-4-11-5-3-6-12(11)13-7-9-14-10-8-13/h4,6H,2-3,5,7-10H2,1H3/b11-4-. The molecule has 0 radical (unpaired) electrons. The molecule has 0 amide bonds. The molecule has 0 aromatic heterocycles. The first-order chi connectivity index (χ1) is 6.92. The molecule has 2 aliphatic rings. The van der Waals surface area contributed by atoms with Gasteiger partial charge in [0, 0.05) is 18.8 Å². The van der Waals surface area contributed by atoms with Gasteiger partial charge in [-0.25, -0.2) is 0 Å². The van der Waals surface area contributed by atoms with Gasteiger partial charge in [-0.15, -0.1) is 0 Å². The molecule has 78 valence electrons. The lowest BCUT2D eigenvalue weighted by Crippen LogP contribution is -2.35. The van der Waals surface area contributed by atoms with Crippen LogP contribution in [0.5, 0.6) is 0 Å². The number of hydrogen-bond acceptors (Lipinski definition) is 2. The van der Waals surface area contributed by atoms with Crippen molar-refractivity contribution in [2.45, 2.75) is 26.2 Å². The van der Waals surface area contributed by atoms with Crippen LogP contribution in [0.15, 0.2) is 23.4 Å². The molecule has 0 bridgehead atoms. The second-order valence-corrected chi connectivity index (χ2v) is 3.87.